The fraction of sp³-hybridized carbons (Fsp3) is 0.857. The van der Waals surface area contributed by atoms with Crippen LogP contribution in [-0.4, -0.2) is 66.0 Å². The van der Waals surface area contributed by atoms with Crippen molar-refractivity contribution in [2.24, 2.45) is 0 Å². The molecule has 8 heteroatoms. The Morgan fingerprint density at radius 3 is 2.50 bits per heavy atom. The molecule has 0 spiro atoms. The number of carboxylic acids is 1. The Kier molecular flexibility index (Phi) is 7.28. The fourth-order valence-corrected chi connectivity index (χ4v) is 4.47. The molecule has 1 N–H and O–H groups in total. The highest BCUT2D eigenvalue weighted by molar-refractivity contribution is 7.89. The number of amides is 1. The van der Waals surface area contributed by atoms with E-state index < -0.39 is 22.0 Å². The van der Waals surface area contributed by atoms with Gasteiger partial charge >= 0.3 is 5.97 Å². The SMILES string of the molecule is CCCS(=O)(=O)N1CCCCC1C(=O)N(CC)CCC(=O)O. The van der Waals surface area contributed by atoms with Crippen molar-refractivity contribution in [3.63, 3.8) is 0 Å². The number of sulfonamides is 1. The summed E-state index contributed by atoms with van der Waals surface area (Å²) in [6, 6.07) is -0.681. The molecule has 0 aromatic rings. The fourth-order valence-electron chi connectivity index (χ4n) is 2.73. The number of aliphatic carboxylic acids is 1. The number of rotatable bonds is 8. The molecule has 128 valence electrons. The molecule has 1 rings (SSSR count). The largest absolute Gasteiger partial charge is 0.481 e. The lowest BCUT2D eigenvalue weighted by Crippen LogP contribution is -2.53. The first-order valence-corrected chi connectivity index (χ1v) is 9.44. The summed E-state index contributed by atoms with van der Waals surface area (Å²) in [4.78, 5) is 24.8. The van der Waals surface area contributed by atoms with E-state index in [4.69, 9.17) is 5.11 Å². The number of nitrogens with zero attached hydrogens (tertiary/aromatic N) is 2. The van der Waals surface area contributed by atoms with Crippen molar-refractivity contribution in [1.29, 1.82) is 0 Å². The minimum Gasteiger partial charge on any atom is -0.481 e. The minimum absolute atomic E-state index is 0.0397. The zero-order chi connectivity index (χ0) is 16.8. The maximum absolute atomic E-state index is 12.6. The molecule has 1 amide bonds. The molecular weight excluding hydrogens is 308 g/mol. The topological polar surface area (TPSA) is 95.0 Å². The van der Waals surface area contributed by atoms with Crippen LogP contribution in [0.1, 0.15) is 46.0 Å². The van der Waals surface area contributed by atoms with Crippen LogP contribution < -0.4 is 0 Å². The third-order valence-corrected chi connectivity index (χ3v) is 5.92. The van der Waals surface area contributed by atoms with Crippen LogP contribution in [0.3, 0.4) is 0 Å². The molecule has 1 unspecified atom stereocenters. The molecule has 1 atom stereocenters. The van der Waals surface area contributed by atoms with Crippen LogP contribution in [0, 0.1) is 0 Å². The van der Waals surface area contributed by atoms with E-state index in [1.807, 2.05) is 0 Å². The predicted octanol–water partition coefficient (Wildman–Crippen LogP) is 0.904. The summed E-state index contributed by atoms with van der Waals surface area (Å²) >= 11 is 0. The van der Waals surface area contributed by atoms with Crippen molar-refractivity contribution in [2.75, 3.05) is 25.4 Å². The molecule has 7 nitrogen and oxygen atoms in total. The van der Waals surface area contributed by atoms with Crippen molar-refractivity contribution >= 4 is 21.9 Å². The normalized spacial score (nSPS) is 19.8. The van der Waals surface area contributed by atoms with Gasteiger partial charge in [0.05, 0.1) is 12.2 Å². The molecule has 1 aliphatic rings. The lowest BCUT2D eigenvalue weighted by atomic mass is 10.0. The Morgan fingerprint density at radius 2 is 1.95 bits per heavy atom. The Labute approximate surface area is 132 Å². The van der Waals surface area contributed by atoms with E-state index in [0.29, 0.717) is 25.9 Å². The molecular formula is C14H26N2O5S. The van der Waals surface area contributed by atoms with Gasteiger partial charge in [0.1, 0.15) is 6.04 Å². The molecule has 0 aliphatic carbocycles. The highest BCUT2D eigenvalue weighted by Crippen LogP contribution is 2.23. The molecule has 0 radical (unpaired) electrons. The summed E-state index contributed by atoms with van der Waals surface area (Å²) in [6.45, 7) is 4.43. The van der Waals surface area contributed by atoms with E-state index in [2.05, 4.69) is 0 Å². The van der Waals surface area contributed by atoms with E-state index in [1.165, 1.54) is 9.21 Å². The molecule has 22 heavy (non-hydrogen) atoms. The first kappa shape index (κ1) is 18.9. The van der Waals surface area contributed by atoms with Crippen molar-refractivity contribution in [1.82, 2.24) is 9.21 Å². The molecule has 0 aromatic carbocycles. The van der Waals surface area contributed by atoms with Gasteiger partial charge in [-0.25, -0.2) is 8.42 Å². The monoisotopic (exact) mass is 334 g/mol. The summed E-state index contributed by atoms with van der Waals surface area (Å²) in [5.74, 6) is -1.20. The molecule has 1 aliphatic heterocycles. The first-order chi connectivity index (χ1) is 10.3. The van der Waals surface area contributed by atoms with Gasteiger partial charge in [-0.15, -0.1) is 0 Å². The highest BCUT2D eigenvalue weighted by Gasteiger charge is 2.37. The van der Waals surface area contributed by atoms with Gasteiger partial charge in [-0.2, -0.15) is 4.31 Å². The second kappa shape index (κ2) is 8.47. The van der Waals surface area contributed by atoms with E-state index in [9.17, 15) is 18.0 Å². The van der Waals surface area contributed by atoms with Gasteiger partial charge in [0.25, 0.3) is 0 Å². The van der Waals surface area contributed by atoms with Crippen molar-refractivity contribution in [3.05, 3.63) is 0 Å². The lowest BCUT2D eigenvalue weighted by molar-refractivity contribution is -0.140. The van der Waals surface area contributed by atoms with Crippen LogP contribution in [-0.2, 0) is 19.6 Å². The quantitative estimate of drug-likeness (QED) is 0.712. The van der Waals surface area contributed by atoms with Crippen LogP contribution in [0.4, 0.5) is 0 Å². The number of piperidine rings is 1. The van der Waals surface area contributed by atoms with Gasteiger partial charge in [-0.1, -0.05) is 13.3 Å². The van der Waals surface area contributed by atoms with Crippen LogP contribution in [0.25, 0.3) is 0 Å². The molecule has 1 saturated heterocycles. The average molecular weight is 334 g/mol. The summed E-state index contributed by atoms with van der Waals surface area (Å²) < 4.78 is 26.0. The second-order valence-corrected chi connectivity index (χ2v) is 7.54. The summed E-state index contributed by atoms with van der Waals surface area (Å²) in [7, 11) is -3.43. The number of hydrogen-bond donors (Lipinski definition) is 1. The van der Waals surface area contributed by atoms with Crippen LogP contribution in [0.5, 0.6) is 0 Å². The van der Waals surface area contributed by atoms with Crippen LogP contribution in [0.15, 0.2) is 0 Å². The van der Waals surface area contributed by atoms with Crippen LogP contribution in [0.2, 0.25) is 0 Å². The standard InChI is InChI=1S/C14H26N2O5S/c1-3-11-22(20,21)16-9-6-5-7-12(16)14(19)15(4-2)10-8-13(17)18/h12H,3-11H2,1-2H3,(H,17,18). The maximum Gasteiger partial charge on any atom is 0.305 e. The first-order valence-electron chi connectivity index (χ1n) is 7.83. The molecule has 1 fully saturated rings. The van der Waals surface area contributed by atoms with Crippen molar-refractivity contribution in [2.45, 2.75) is 52.0 Å². The Balaban J connectivity index is 2.88. The van der Waals surface area contributed by atoms with Gasteiger partial charge in [-0.3, -0.25) is 9.59 Å². The number of likely N-dealkylation sites (N-methyl/N-ethyl adjacent to an activating group) is 1. The Bertz CT molecular complexity index is 491. The smallest absolute Gasteiger partial charge is 0.305 e. The number of carboxylic acid groups (broad SMARTS) is 1. The Morgan fingerprint density at radius 1 is 1.27 bits per heavy atom. The second-order valence-electron chi connectivity index (χ2n) is 5.50. The minimum atomic E-state index is -3.43. The van der Waals surface area contributed by atoms with Gasteiger partial charge in [-0.05, 0) is 26.2 Å². The molecule has 0 aromatic heterocycles. The number of carbonyl (C=O) groups is 2. The van der Waals surface area contributed by atoms with E-state index in [-0.39, 0.29) is 24.6 Å². The number of hydrogen-bond acceptors (Lipinski definition) is 4. The molecule has 1 heterocycles. The van der Waals surface area contributed by atoms with Gasteiger partial charge < -0.3 is 10.0 Å². The Hall–Kier alpha value is -1.15. The summed E-state index contributed by atoms with van der Waals surface area (Å²) in [6.07, 6.45) is 2.45. The van der Waals surface area contributed by atoms with Gasteiger partial charge in [0, 0.05) is 19.6 Å². The predicted molar refractivity (Wildman–Crippen MR) is 82.9 cm³/mol. The van der Waals surface area contributed by atoms with Gasteiger partial charge in [0.15, 0.2) is 0 Å². The van der Waals surface area contributed by atoms with Gasteiger partial charge in [0.2, 0.25) is 15.9 Å². The highest BCUT2D eigenvalue weighted by atomic mass is 32.2. The van der Waals surface area contributed by atoms with Crippen molar-refractivity contribution in [3.8, 4) is 0 Å². The zero-order valence-corrected chi connectivity index (χ0v) is 14.1. The number of carbonyl (C=O) groups excluding carboxylic acids is 1. The average Bonchev–Trinajstić information content (AvgIpc) is 2.47. The van der Waals surface area contributed by atoms with E-state index in [0.717, 1.165) is 12.8 Å². The summed E-state index contributed by atoms with van der Waals surface area (Å²) in [5, 5.41) is 8.76. The van der Waals surface area contributed by atoms with Crippen LogP contribution >= 0.6 is 0 Å². The molecule has 0 bridgehead atoms. The maximum atomic E-state index is 12.6. The third kappa shape index (κ3) is 4.95. The third-order valence-electron chi connectivity index (χ3n) is 3.85. The zero-order valence-electron chi connectivity index (χ0n) is 13.3. The van der Waals surface area contributed by atoms with Crippen molar-refractivity contribution < 1.29 is 23.1 Å². The summed E-state index contributed by atoms with van der Waals surface area (Å²) in [5.41, 5.74) is 0. The molecule has 0 saturated carbocycles. The lowest BCUT2D eigenvalue weighted by Gasteiger charge is -2.36. The van der Waals surface area contributed by atoms with E-state index >= 15 is 0 Å². The van der Waals surface area contributed by atoms with E-state index in [1.54, 1.807) is 13.8 Å².